The van der Waals surface area contributed by atoms with Crippen molar-refractivity contribution in [3.63, 3.8) is 0 Å². The van der Waals surface area contributed by atoms with Crippen molar-refractivity contribution in [1.82, 2.24) is 4.57 Å². The lowest BCUT2D eigenvalue weighted by molar-refractivity contribution is 0.104. The molecule has 3 nitrogen and oxygen atoms in total. The molecular formula is C16H15NO2S. The molecule has 0 saturated heterocycles. The molecular weight excluding hydrogens is 270 g/mol. The van der Waals surface area contributed by atoms with E-state index < -0.39 is 0 Å². The van der Waals surface area contributed by atoms with Gasteiger partial charge in [0.15, 0.2) is 0 Å². The summed E-state index contributed by atoms with van der Waals surface area (Å²) < 4.78 is 7.14. The Labute approximate surface area is 121 Å². The van der Waals surface area contributed by atoms with Gasteiger partial charge in [0.2, 0.25) is 5.78 Å². The molecule has 2 aromatic heterocycles. The van der Waals surface area contributed by atoms with Crippen molar-refractivity contribution in [2.75, 3.05) is 7.11 Å². The summed E-state index contributed by atoms with van der Waals surface area (Å²) in [4.78, 5) is 13.3. The molecule has 0 bridgehead atoms. The first-order valence-corrected chi connectivity index (χ1v) is 7.21. The maximum Gasteiger partial charge on any atom is 0.205 e. The van der Waals surface area contributed by atoms with Crippen LogP contribution in [0.2, 0.25) is 0 Å². The van der Waals surface area contributed by atoms with Gasteiger partial charge in [0.25, 0.3) is 0 Å². The van der Waals surface area contributed by atoms with Gasteiger partial charge in [-0.3, -0.25) is 4.79 Å². The minimum Gasteiger partial charge on any atom is -0.496 e. The largest absolute Gasteiger partial charge is 0.496 e. The fourth-order valence-electron chi connectivity index (χ4n) is 2.35. The van der Waals surface area contributed by atoms with Gasteiger partial charge in [-0.05, 0) is 18.6 Å². The molecule has 0 N–H and O–H groups in total. The van der Waals surface area contributed by atoms with Gasteiger partial charge in [-0.1, -0.05) is 12.1 Å². The first-order chi connectivity index (χ1) is 9.60. The fraction of sp³-hybridized carbons (Fsp3) is 0.188. The third kappa shape index (κ3) is 2.02. The number of thiophene rings is 1. The van der Waals surface area contributed by atoms with Crippen molar-refractivity contribution in [2.24, 2.45) is 7.05 Å². The van der Waals surface area contributed by atoms with Gasteiger partial charge in [0.1, 0.15) is 5.75 Å². The van der Waals surface area contributed by atoms with E-state index in [0.29, 0.717) is 4.88 Å². The lowest BCUT2D eigenvalue weighted by atomic mass is 10.1. The summed E-state index contributed by atoms with van der Waals surface area (Å²) in [5, 5.41) is 2.85. The smallest absolute Gasteiger partial charge is 0.205 e. The maximum absolute atomic E-state index is 12.6. The maximum atomic E-state index is 12.6. The van der Waals surface area contributed by atoms with Crippen molar-refractivity contribution >= 4 is 28.0 Å². The average molecular weight is 285 g/mol. The van der Waals surface area contributed by atoms with Gasteiger partial charge in [-0.15, -0.1) is 11.3 Å². The van der Waals surface area contributed by atoms with Crippen LogP contribution in [0.4, 0.5) is 0 Å². The number of carbonyl (C=O) groups excluding carboxylic acids is 1. The van der Waals surface area contributed by atoms with Crippen LogP contribution >= 0.6 is 11.3 Å². The molecule has 0 unspecified atom stereocenters. The fourth-order valence-corrected chi connectivity index (χ4v) is 3.16. The number of hydrogen-bond acceptors (Lipinski definition) is 3. The molecule has 3 aromatic rings. The SMILES string of the molecule is COc1csc(C(=O)c2cn(C)c3cc(C)ccc23)c1. The van der Waals surface area contributed by atoms with Crippen LogP contribution in [0, 0.1) is 6.92 Å². The molecule has 0 amide bonds. The molecule has 0 spiro atoms. The third-order valence-corrected chi connectivity index (χ3v) is 4.33. The highest BCUT2D eigenvalue weighted by atomic mass is 32.1. The quantitative estimate of drug-likeness (QED) is 0.686. The number of ketones is 1. The van der Waals surface area contributed by atoms with Crippen molar-refractivity contribution in [2.45, 2.75) is 6.92 Å². The number of hydrogen-bond donors (Lipinski definition) is 0. The standard InChI is InChI=1S/C16H15NO2S/c1-10-4-5-12-13(8-17(2)14(12)6-10)16(18)15-7-11(19-3)9-20-15/h4-9H,1-3H3. The van der Waals surface area contributed by atoms with Crippen LogP contribution in [0.25, 0.3) is 10.9 Å². The molecule has 1 aromatic carbocycles. The molecule has 0 saturated carbocycles. The second-order valence-electron chi connectivity index (χ2n) is 4.85. The predicted molar refractivity (Wildman–Crippen MR) is 82.0 cm³/mol. The molecule has 0 aliphatic carbocycles. The van der Waals surface area contributed by atoms with Gasteiger partial charge in [-0.25, -0.2) is 0 Å². The zero-order chi connectivity index (χ0) is 14.3. The zero-order valence-electron chi connectivity index (χ0n) is 11.6. The summed E-state index contributed by atoms with van der Waals surface area (Å²) in [5.41, 5.74) is 3.01. The average Bonchev–Trinajstić information content (AvgIpc) is 3.03. The molecule has 0 radical (unpaired) electrons. The first-order valence-electron chi connectivity index (χ1n) is 6.33. The van der Waals surface area contributed by atoms with E-state index in [1.165, 1.54) is 16.9 Å². The topological polar surface area (TPSA) is 31.2 Å². The van der Waals surface area contributed by atoms with E-state index in [2.05, 4.69) is 13.0 Å². The van der Waals surface area contributed by atoms with Crippen molar-refractivity contribution < 1.29 is 9.53 Å². The molecule has 4 heteroatoms. The van der Waals surface area contributed by atoms with Crippen LogP contribution < -0.4 is 4.74 Å². The molecule has 0 aliphatic rings. The summed E-state index contributed by atoms with van der Waals surface area (Å²) in [6, 6.07) is 7.94. The van der Waals surface area contributed by atoms with E-state index >= 15 is 0 Å². The predicted octanol–water partition coefficient (Wildman–Crippen LogP) is 3.79. The van der Waals surface area contributed by atoms with E-state index in [-0.39, 0.29) is 5.78 Å². The third-order valence-electron chi connectivity index (χ3n) is 3.43. The monoisotopic (exact) mass is 285 g/mol. The number of benzene rings is 1. The Morgan fingerprint density at radius 3 is 2.80 bits per heavy atom. The Balaban J connectivity index is 2.12. The summed E-state index contributed by atoms with van der Waals surface area (Å²) in [7, 11) is 3.57. The van der Waals surface area contributed by atoms with Crippen LogP contribution in [-0.4, -0.2) is 17.5 Å². The number of aryl methyl sites for hydroxylation is 2. The van der Waals surface area contributed by atoms with Crippen molar-refractivity contribution in [3.8, 4) is 5.75 Å². The molecule has 0 atom stereocenters. The lowest BCUT2D eigenvalue weighted by Gasteiger charge is -1.98. The number of fused-ring (bicyclic) bond motifs is 1. The van der Waals surface area contributed by atoms with Gasteiger partial charge in [0, 0.05) is 41.2 Å². The number of aromatic nitrogens is 1. The Bertz CT molecular complexity index is 798. The number of ether oxygens (including phenoxy) is 1. The van der Waals surface area contributed by atoms with Gasteiger partial charge < -0.3 is 9.30 Å². The summed E-state index contributed by atoms with van der Waals surface area (Å²) in [6.45, 7) is 2.05. The first kappa shape index (κ1) is 12.9. The molecule has 2 heterocycles. The van der Waals surface area contributed by atoms with Crippen molar-refractivity contribution in [1.29, 1.82) is 0 Å². The van der Waals surface area contributed by atoms with Crippen LogP contribution in [0.3, 0.4) is 0 Å². The molecule has 20 heavy (non-hydrogen) atoms. The Kier molecular flexibility index (Phi) is 3.10. The number of nitrogens with zero attached hydrogens (tertiary/aromatic N) is 1. The van der Waals surface area contributed by atoms with Gasteiger partial charge in [0.05, 0.1) is 12.0 Å². The van der Waals surface area contributed by atoms with Crippen LogP contribution in [0.5, 0.6) is 5.75 Å². The highest BCUT2D eigenvalue weighted by molar-refractivity contribution is 7.12. The second-order valence-corrected chi connectivity index (χ2v) is 5.77. The Morgan fingerprint density at radius 2 is 2.10 bits per heavy atom. The van der Waals surface area contributed by atoms with E-state index in [1.54, 1.807) is 13.2 Å². The number of rotatable bonds is 3. The molecule has 3 rings (SSSR count). The summed E-state index contributed by atoms with van der Waals surface area (Å²) in [5.74, 6) is 0.780. The number of methoxy groups -OCH3 is 1. The minimum atomic E-state index is 0.0488. The lowest BCUT2D eigenvalue weighted by Crippen LogP contribution is -1.97. The van der Waals surface area contributed by atoms with E-state index in [4.69, 9.17) is 4.74 Å². The zero-order valence-corrected chi connectivity index (χ0v) is 12.5. The van der Waals surface area contributed by atoms with Gasteiger partial charge >= 0.3 is 0 Å². The van der Waals surface area contributed by atoms with E-state index in [9.17, 15) is 4.79 Å². The Morgan fingerprint density at radius 1 is 1.30 bits per heavy atom. The highest BCUT2D eigenvalue weighted by Gasteiger charge is 2.17. The minimum absolute atomic E-state index is 0.0488. The molecule has 0 fully saturated rings. The normalized spacial score (nSPS) is 10.9. The van der Waals surface area contributed by atoms with E-state index in [0.717, 1.165) is 22.2 Å². The Hall–Kier alpha value is -2.07. The molecule has 0 aliphatic heterocycles. The van der Waals surface area contributed by atoms with Crippen LogP contribution in [0.15, 0.2) is 35.8 Å². The summed E-state index contributed by atoms with van der Waals surface area (Å²) >= 11 is 1.41. The van der Waals surface area contributed by atoms with Crippen LogP contribution in [-0.2, 0) is 7.05 Å². The summed E-state index contributed by atoms with van der Waals surface area (Å²) in [6.07, 6.45) is 1.90. The second kappa shape index (κ2) is 4.80. The van der Waals surface area contributed by atoms with Crippen molar-refractivity contribution in [3.05, 3.63) is 51.8 Å². The molecule has 102 valence electrons. The highest BCUT2D eigenvalue weighted by Crippen LogP contribution is 2.28. The van der Waals surface area contributed by atoms with E-state index in [1.807, 2.05) is 35.3 Å². The van der Waals surface area contributed by atoms with Gasteiger partial charge in [-0.2, -0.15) is 0 Å². The van der Waals surface area contributed by atoms with Crippen LogP contribution in [0.1, 0.15) is 20.8 Å². The number of carbonyl (C=O) groups is 1.